The fourth-order valence-corrected chi connectivity index (χ4v) is 2.29. The van der Waals surface area contributed by atoms with Crippen molar-refractivity contribution in [1.82, 2.24) is 5.16 Å². The number of rotatable bonds is 2. The van der Waals surface area contributed by atoms with Gasteiger partial charge in [-0.1, -0.05) is 5.16 Å². The van der Waals surface area contributed by atoms with Gasteiger partial charge in [-0.15, -0.1) is 0 Å². The van der Waals surface area contributed by atoms with E-state index >= 15 is 0 Å². The summed E-state index contributed by atoms with van der Waals surface area (Å²) < 4.78 is 18.8. The Labute approximate surface area is 102 Å². The zero-order valence-electron chi connectivity index (χ0n) is 9.44. The van der Waals surface area contributed by atoms with Gasteiger partial charge in [-0.2, -0.15) is 0 Å². The van der Waals surface area contributed by atoms with Crippen LogP contribution in [0.5, 0.6) is 0 Å². The van der Waals surface area contributed by atoms with Crippen LogP contribution < -0.4 is 0 Å². The summed E-state index contributed by atoms with van der Waals surface area (Å²) in [6, 6.07) is 4.46. The first kappa shape index (κ1) is 11.0. The number of hydrogen-bond acceptors (Lipinski definition) is 3. The van der Waals surface area contributed by atoms with Crippen LogP contribution in [0.15, 0.2) is 22.7 Å². The van der Waals surface area contributed by atoms with Crippen molar-refractivity contribution in [2.45, 2.75) is 19.3 Å². The second-order valence-electron chi connectivity index (χ2n) is 4.34. The van der Waals surface area contributed by atoms with E-state index in [1.807, 2.05) is 0 Å². The van der Waals surface area contributed by atoms with Crippen molar-refractivity contribution < 1.29 is 18.8 Å². The van der Waals surface area contributed by atoms with Gasteiger partial charge in [-0.25, -0.2) is 9.18 Å². The third-order valence-electron chi connectivity index (χ3n) is 3.18. The molecule has 5 heteroatoms. The zero-order valence-corrected chi connectivity index (χ0v) is 9.44. The van der Waals surface area contributed by atoms with Crippen LogP contribution in [0.2, 0.25) is 0 Å². The molecule has 0 spiro atoms. The molecule has 92 valence electrons. The van der Waals surface area contributed by atoms with Gasteiger partial charge in [0, 0.05) is 6.07 Å². The van der Waals surface area contributed by atoms with E-state index in [-0.39, 0.29) is 17.0 Å². The Bertz CT molecular complexity index is 633. The average molecular weight is 247 g/mol. The molecule has 1 aliphatic rings. The quantitative estimate of drug-likeness (QED) is 0.886. The van der Waals surface area contributed by atoms with Crippen molar-refractivity contribution in [1.29, 1.82) is 0 Å². The van der Waals surface area contributed by atoms with Gasteiger partial charge in [0.2, 0.25) is 0 Å². The second-order valence-corrected chi connectivity index (χ2v) is 4.34. The standard InChI is InChI=1S/C13H10FNO3/c14-10-5-8-3-1-2-7(8)4-9(10)12-6-11(13(16)17)15-18-12/h4-6H,1-3H2,(H,16,17). The summed E-state index contributed by atoms with van der Waals surface area (Å²) in [7, 11) is 0. The first-order chi connectivity index (χ1) is 8.65. The molecule has 1 aromatic carbocycles. The lowest BCUT2D eigenvalue weighted by molar-refractivity contribution is 0.0686. The summed E-state index contributed by atoms with van der Waals surface area (Å²) in [5.74, 6) is -1.44. The molecule has 0 unspecified atom stereocenters. The molecule has 1 aromatic heterocycles. The first-order valence-electron chi connectivity index (χ1n) is 5.67. The number of fused-ring (bicyclic) bond motifs is 1. The molecule has 18 heavy (non-hydrogen) atoms. The van der Waals surface area contributed by atoms with Crippen molar-refractivity contribution in [3.8, 4) is 11.3 Å². The molecule has 3 rings (SSSR count). The lowest BCUT2D eigenvalue weighted by Gasteiger charge is -2.03. The summed E-state index contributed by atoms with van der Waals surface area (Å²) in [5, 5.41) is 12.1. The number of aryl methyl sites for hydroxylation is 2. The number of carboxylic acid groups (broad SMARTS) is 1. The summed E-state index contributed by atoms with van der Waals surface area (Å²) in [6.07, 6.45) is 2.83. The smallest absolute Gasteiger partial charge is 0.358 e. The summed E-state index contributed by atoms with van der Waals surface area (Å²) in [5.41, 5.74) is 2.18. The normalized spacial score (nSPS) is 13.6. The molecule has 0 fully saturated rings. The molecule has 4 nitrogen and oxygen atoms in total. The molecular formula is C13H10FNO3. The Balaban J connectivity index is 2.08. The van der Waals surface area contributed by atoms with Crippen LogP contribution in [0.4, 0.5) is 4.39 Å². The van der Waals surface area contributed by atoms with E-state index in [1.54, 1.807) is 6.07 Å². The molecule has 0 radical (unpaired) electrons. The van der Waals surface area contributed by atoms with Crippen LogP contribution >= 0.6 is 0 Å². The highest BCUT2D eigenvalue weighted by atomic mass is 19.1. The molecular weight excluding hydrogens is 237 g/mol. The minimum absolute atomic E-state index is 0.152. The SMILES string of the molecule is O=C(O)c1cc(-c2cc3c(cc2F)CCC3)on1. The van der Waals surface area contributed by atoms with Crippen molar-refractivity contribution >= 4 is 5.97 Å². The number of aromatic nitrogens is 1. The molecule has 0 aliphatic heterocycles. The zero-order chi connectivity index (χ0) is 12.7. The molecule has 0 saturated carbocycles. The topological polar surface area (TPSA) is 63.3 Å². The second kappa shape index (κ2) is 3.94. The lowest BCUT2D eigenvalue weighted by Crippen LogP contribution is -1.94. The van der Waals surface area contributed by atoms with Crippen molar-refractivity contribution in [3.05, 3.63) is 40.8 Å². The van der Waals surface area contributed by atoms with Crippen molar-refractivity contribution in [2.75, 3.05) is 0 Å². The van der Waals surface area contributed by atoms with Crippen LogP contribution in [0.25, 0.3) is 11.3 Å². The van der Waals surface area contributed by atoms with Gasteiger partial charge < -0.3 is 9.63 Å². The molecule has 0 bridgehead atoms. The number of aromatic carboxylic acids is 1. The van der Waals surface area contributed by atoms with Crippen LogP contribution in [0.1, 0.15) is 28.0 Å². The molecule has 1 aliphatic carbocycles. The maximum atomic E-state index is 13.9. The average Bonchev–Trinajstić information content (AvgIpc) is 2.94. The highest BCUT2D eigenvalue weighted by Crippen LogP contribution is 2.31. The van der Waals surface area contributed by atoms with E-state index in [1.165, 1.54) is 12.1 Å². The summed E-state index contributed by atoms with van der Waals surface area (Å²) >= 11 is 0. The van der Waals surface area contributed by atoms with Crippen LogP contribution in [-0.2, 0) is 12.8 Å². The lowest BCUT2D eigenvalue weighted by atomic mass is 10.0. The number of nitrogens with zero attached hydrogens (tertiary/aromatic N) is 1. The van der Waals surface area contributed by atoms with E-state index in [2.05, 4.69) is 5.16 Å². The number of hydrogen-bond donors (Lipinski definition) is 1. The van der Waals surface area contributed by atoms with E-state index < -0.39 is 11.8 Å². The molecule has 2 aromatic rings. The van der Waals surface area contributed by atoms with Crippen molar-refractivity contribution in [3.63, 3.8) is 0 Å². The van der Waals surface area contributed by atoms with E-state index in [9.17, 15) is 9.18 Å². The number of benzene rings is 1. The molecule has 0 amide bonds. The van der Waals surface area contributed by atoms with E-state index in [0.717, 1.165) is 30.4 Å². The van der Waals surface area contributed by atoms with Gasteiger partial charge in [0.15, 0.2) is 11.5 Å². The van der Waals surface area contributed by atoms with Gasteiger partial charge in [-0.05, 0) is 42.5 Å². The maximum Gasteiger partial charge on any atom is 0.358 e. The molecule has 1 heterocycles. The highest BCUT2D eigenvalue weighted by molar-refractivity contribution is 5.86. The molecule has 0 saturated heterocycles. The first-order valence-corrected chi connectivity index (χ1v) is 5.67. The molecule has 0 atom stereocenters. The van der Waals surface area contributed by atoms with Gasteiger partial charge in [-0.3, -0.25) is 0 Å². The van der Waals surface area contributed by atoms with Gasteiger partial charge in [0.1, 0.15) is 5.82 Å². The Morgan fingerprint density at radius 3 is 2.67 bits per heavy atom. The van der Waals surface area contributed by atoms with Crippen LogP contribution in [0.3, 0.4) is 0 Å². The minimum atomic E-state index is -1.19. The van der Waals surface area contributed by atoms with Gasteiger partial charge in [0.25, 0.3) is 0 Å². The van der Waals surface area contributed by atoms with Gasteiger partial charge in [0.05, 0.1) is 5.56 Å². The number of carboxylic acids is 1. The summed E-state index contributed by atoms with van der Waals surface area (Å²) in [4.78, 5) is 10.7. The molecule has 1 N–H and O–H groups in total. The predicted molar refractivity (Wildman–Crippen MR) is 60.9 cm³/mol. The van der Waals surface area contributed by atoms with E-state index in [4.69, 9.17) is 9.63 Å². The fraction of sp³-hybridized carbons (Fsp3) is 0.231. The Kier molecular flexibility index (Phi) is 2.40. The van der Waals surface area contributed by atoms with Crippen LogP contribution in [0, 0.1) is 5.82 Å². The monoisotopic (exact) mass is 247 g/mol. The number of halogens is 1. The predicted octanol–water partition coefficient (Wildman–Crippen LogP) is 2.67. The van der Waals surface area contributed by atoms with Crippen LogP contribution in [-0.4, -0.2) is 16.2 Å². The third-order valence-corrected chi connectivity index (χ3v) is 3.18. The van der Waals surface area contributed by atoms with Crippen molar-refractivity contribution in [2.24, 2.45) is 0 Å². The van der Waals surface area contributed by atoms with E-state index in [0.29, 0.717) is 0 Å². The minimum Gasteiger partial charge on any atom is -0.476 e. The highest BCUT2D eigenvalue weighted by Gasteiger charge is 2.19. The Hall–Kier alpha value is -2.17. The Morgan fingerprint density at radius 1 is 1.28 bits per heavy atom. The fourth-order valence-electron chi connectivity index (χ4n) is 2.29. The summed E-state index contributed by atoms with van der Waals surface area (Å²) in [6.45, 7) is 0. The largest absolute Gasteiger partial charge is 0.476 e. The maximum absolute atomic E-state index is 13.9. The number of carbonyl (C=O) groups is 1. The van der Waals surface area contributed by atoms with Gasteiger partial charge >= 0.3 is 5.97 Å². The third kappa shape index (κ3) is 1.68. The Morgan fingerprint density at radius 2 is 2.00 bits per heavy atom.